The summed E-state index contributed by atoms with van der Waals surface area (Å²) in [7, 11) is -2.09. The van der Waals surface area contributed by atoms with E-state index in [1.807, 2.05) is 31.2 Å². The summed E-state index contributed by atoms with van der Waals surface area (Å²) >= 11 is 0. The Morgan fingerprint density at radius 3 is 2.62 bits per heavy atom. The molecule has 7 heteroatoms. The summed E-state index contributed by atoms with van der Waals surface area (Å²) in [6.07, 6.45) is 0.771. The van der Waals surface area contributed by atoms with E-state index in [1.165, 1.54) is 17.4 Å². The van der Waals surface area contributed by atoms with Gasteiger partial charge in [-0.15, -0.1) is 0 Å². The van der Waals surface area contributed by atoms with Crippen LogP contribution < -0.4 is 14.2 Å². The largest absolute Gasteiger partial charge is 0.492 e. The Kier molecular flexibility index (Phi) is 5.68. The summed E-state index contributed by atoms with van der Waals surface area (Å²) in [5.41, 5.74) is 1.09. The van der Waals surface area contributed by atoms with Gasteiger partial charge in [0.1, 0.15) is 12.4 Å². The van der Waals surface area contributed by atoms with Gasteiger partial charge in [-0.3, -0.25) is 0 Å². The highest BCUT2D eigenvalue weighted by molar-refractivity contribution is 7.89. The number of benzene rings is 2. The van der Waals surface area contributed by atoms with Crippen molar-refractivity contribution in [1.82, 2.24) is 4.31 Å². The summed E-state index contributed by atoms with van der Waals surface area (Å²) in [6.45, 7) is 3.56. The van der Waals surface area contributed by atoms with E-state index in [1.54, 1.807) is 12.1 Å². The number of nitrogens with zero attached hydrogens (tertiary/aromatic N) is 1. The second-order valence-corrected chi connectivity index (χ2v) is 8.20. The molecule has 0 aliphatic carbocycles. The molecule has 0 atom stereocenters. The first-order chi connectivity index (χ1) is 12.5. The molecule has 1 heterocycles. The van der Waals surface area contributed by atoms with Crippen molar-refractivity contribution in [2.75, 3.05) is 33.4 Å². The summed E-state index contributed by atoms with van der Waals surface area (Å²) < 4.78 is 43.6. The third kappa shape index (κ3) is 4.28. The van der Waals surface area contributed by atoms with Gasteiger partial charge in [-0.05, 0) is 36.8 Å². The molecule has 3 rings (SSSR count). The van der Waals surface area contributed by atoms with Crippen LogP contribution in [0.4, 0.5) is 0 Å². The minimum Gasteiger partial charge on any atom is -0.492 e. The van der Waals surface area contributed by atoms with E-state index in [-0.39, 0.29) is 18.0 Å². The molecule has 140 valence electrons. The molecule has 0 saturated carbocycles. The van der Waals surface area contributed by atoms with E-state index in [9.17, 15) is 8.42 Å². The lowest BCUT2D eigenvalue weighted by molar-refractivity contribution is 0.286. The van der Waals surface area contributed by atoms with Crippen molar-refractivity contribution in [3.8, 4) is 17.2 Å². The van der Waals surface area contributed by atoms with Crippen LogP contribution in [0.3, 0.4) is 0 Å². The zero-order valence-electron chi connectivity index (χ0n) is 15.0. The molecular formula is C19H23NO5S. The molecule has 0 amide bonds. The lowest BCUT2D eigenvalue weighted by Crippen LogP contribution is -2.31. The van der Waals surface area contributed by atoms with Crippen molar-refractivity contribution in [2.45, 2.75) is 18.2 Å². The van der Waals surface area contributed by atoms with E-state index in [0.717, 1.165) is 17.7 Å². The van der Waals surface area contributed by atoms with Crippen LogP contribution in [0.2, 0.25) is 0 Å². The maximum atomic E-state index is 12.8. The molecule has 0 spiro atoms. The maximum absolute atomic E-state index is 12.8. The molecule has 1 aliphatic heterocycles. The van der Waals surface area contributed by atoms with Crippen molar-refractivity contribution in [2.24, 2.45) is 0 Å². The molecule has 0 unspecified atom stereocenters. The van der Waals surface area contributed by atoms with E-state index in [2.05, 4.69) is 0 Å². The first kappa shape index (κ1) is 18.5. The van der Waals surface area contributed by atoms with E-state index in [4.69, 9.17) is 14.2 Å². The fourth-order valence-corrected chi connectivity index (χ4v) is 3.77. The first-order valence-corrected chi connectivity index (χ1v) is 9.96. The molecule has 2 aromatic carbocycles. The molecule has 0 fully saturated rings. The lowest BCUT2D eigenvalue weighted by atomic mass is 10.2. The molecule has 0 N–H and O–H groups in total. The number of rotatable bonds is 6. The van der Waals surface area contributed by atoms with Crippen molar-refractivity contribution < 1.29 is 22.6 Å². The molecule has 1 aliphatic rings. The highest BCUT2D eigenvalue weighted by Gasteiger charge is 2.23. The molecule has 6 nitrogen and oxygen atoms in total. The van der Waals surface area contributed by atoms with Crippen molar-refractivity contribution in [1.29, 1.82) is 0 Å². The third-order valence-corrected chi connectivity index (χ3v) is 5.94. The Balaban J connectivity index is 1.66. The Bertz CT molecular complexity index is 866. The average Bonchev–Trinajstić information content (AvgIpc) is 2.86. The van der Waals surface area contributed by atoms with Gasteiger partial charge in [0.15, 0.2) is 11.5 Å². The molecule has 0 saturated heterocycles. The van der Waals surface area contributed by atoms with Crippen LogP contribution in [0.15, 0.2) is 47.4 Å². The van der Waals surface area contributed by atoms with Gasteiger partial charge in [-0.1, -0.05) is 12.1 Å². The van der Waals surface area contributed by atoms with Crippen LogP contribution in [0.5, 0.6) is 17.2 Å². The van der Waals surface area contributed by atoms with Gasteiger partial charge in [0.05, 0.1) is 18.1 Å². The maximum Gasteiger partial charge on any atom is 0.243 e. The average molecular weight is 377 g/mol. The van der Waals surface area contributed by atoms with Gasteiger partial charge in [-0.2, -0.15) is 4.31 Å². The minimum atomic E-state index is -3.63. The standard InChI is InChI=1S/C19H23NO5S/c1-15-5-3-6-16(13-15)23-12-9-20(2)26(21,22)17-7-8-18-19(14-17)25-11-4-10-24-18/h3,5-8,13-14H,4,9-12H2,1-2H3. The quantitative estimate of drug-likeness (QED) is 0.775. The summed E-state index contributed by atoms with van der Waals surface area (Å²) in [5.74, 6) is 1.77. The van der Waals surface area contributed by atoms with Gasteiger partial charge in [0.2, 0.25) is 10.0 Å². The molecule has 2 aromatic rings. The number of aryl methyl sites for hydroxylation is 1. The van der Waals surface area contributed by atoms with Gasteiger partial charge in [0.25, 0.3) is 0 Å². The molecule has 0 radical (unpaired) electrons. The predicted octanol–water partition coefficient (Wildman–Crippen LogP) is 2.86. The van der Waals surface area contributed by atoms with Crippen molar-refractivity contribution in [3.63, 3.8) is 0 Å². The van der Waals surface area contributed by atoms with E-state index < -0.39 is 10.0 Å². The van der Waals surface area contributed by atoms with Crippen LogP contribution in [-0.2, 0) is 10.0 Å². The number of ether oxygens (including phenoxy) is 3. The number of likely N-dealkylation sites (N-methyl/N-ethyl adjacent to an activating group) is 1. The third-order valence-electron chi connectivity index (χ3n) is 4.09. The molecular weight excluding hydrogens is 354 g/mol. The number of hydrogen-bond acceptors (Lipinski definition) is 5. The second kappa shape index (κ2) is 7.97. The van der Waals surface area contributed by atoms with Crippen LogP contribution in [0, 0.1) is 6.92 Å². The molecule has 26 heavy (non-hydrogen) atoms. The van der Waals surface area contributed by atoms with Crippen LogP contribution in [0.1, 0.15) is 12.0 Å². The van der Waals surface area contributed by atoms with Crippen LogP contribution in [0.25, 0.3) is 0 Å². The minimum absolute atomic E-state index is 0.180. The topological polar surface area (TPSA) is 65.1 Å². The highest BCUT2D eigenvalue weighted by atomic mass is 32.2. The Morgan fingerprint density at radius 1 is 1.08 bits per heavy atom. The first-order valence-electron chi connectivity index (χ1n) is 8.52. The van der Waals surface area contributed by atoms with Gasteiger partial charge < -0.3 is 14.2 Å². The smallest absolute Gasteiger partial charge is 0.243 e. The van der Waals surface area contributed by atoms with Gasteiger partial charge >= 0.3 is 0 Å². The van der Waals surface area contributed by atoms with Crippen LogP contribution in [-0.4, -0.2) is 46.1 Å². The molecule has 0 bridgehead atoms. The zero-order chi connectivity index (χ0) is 18.6. The Morgan fingerprint density at radius 2 is 1.85 bits per heavy atom. The lowest BCUT2D eigenvalue weighted by Gasteiger charge is -2.18. The fraction of sp³-hybridized carbons (Fsp3) is 0.368. The number of hydrogen-bond donors (Lipinski definition) is 0. The van der Waals surface area contributed by atoms with E-state index in [0.29, 0.717) is 24.7 Å². The monoisotopic (exact) mass is 377 g/mol. The van der Waals surface area contributed by atoms with E-state index >= 15 is 0 Å². The normalized spacial score (nSPS) is 14.1. The SMILES string of the molecule is Cc1cccc(OCCN(C)S(=O)(=O)c2ccc3c(c2)OCCCO3)c1. The van der Waals surface area contributed by atoms with Crippen molar-refractivity contribution >= 4 is 10.0 Å². The number of fused-ring (bicyclic) bond motifs is 1. The molecule has 0 aromatic heterocycles. The van der Waals surface area contributed by atoms with Gasteiger partial charge in [-0.25, -0.2) is 8.42 Å². The second-order valence-electron chi connectivity index (χ2n) is 6.15. The Hall–Kier alpha value is -2.25. The summed E-state index contributed by atoms with van der Waals surface area (Å²) in [6, 6.07) is 12.4. The van der Waals surface area contributed by atoms with Gasteiger partial charge in [0, 0.05) is 26.1 Å². The predicted molar refractivity (Wildman–Crippen MR) is 98.5 cm³/mol. The number of sulfonamides is 1. The fourth-order valence-electron chi connectivity index (χ4n) is 2.60. The highest BCUT2D eigenvalue weighted by Crippen LogP contribution is 2.32. The van der Waals surface area contributed by atoms with Crippen molar-refractivity contribution in [3.05, 3.63) is 48.0 Å². The summed E-state index contributed by atoms with van der Waals surface area (Å²) in [4.78, 5) is 0.180. The summed E-state index contributed by atoms with van der Waals surface area (Å²) in [5, 5.41) is 0. The zero-order valence-corrected chi connectivity index (χ0v) is 15.8. The Labute approximate surface area is 154 Å². The van der Waals surface area contributed by atoms with Crippen LogP contribution >= 0.6 is 0 Å².